The van der Waals surface area contributed by atoms with E-state index in [0.29, 0.717) is 24.4 Å². The quantitative estimate of drug-likeness (QED) is 0.357. The molecule has 0 saturated carbocycles. The topological polar surface area (TPSA) is 71.8 Å². The first-order valence-electron chi connectivity index (χ1n) is 10.2. The summed E-state index contributed by atoms with van der Waals surface area (Å²) >= 11 is 0. The fourth-order valence-corrected chi connectivity index (χ4v) is 3.74. The number of nitrogens with zero attached hydrogens (tertiary/aromatic N) is 1. The largest absolute Gasteiger partial charge is 0.497 e. The average Bonchev–Trinajstić information content (AvgIpc) is 2.78. The van der Waals surface area contributed by atoms with E-state index in [9.17, 15) is 9.59 Å². The van der Waals surface area contributed by atoms with Gasteiger partial charge in [-0.15, -0.1) is 0 Å². The van der Waals surface area contributed by atoms with Crippen LogP contribution >= 0.6 is 0 Å². The highest BCUT2D eigenvalue weighted by atomic mass is 16.5. The lowest BCUT2D eigenvalue weighted by atomic mass is 10.0. The average molecular weight is 416 g/mol. The number of benzene rings is 3. The van der Waals surface area contributed by atoms with Crippen molar-refractivity contribution in [3.05, 3.63) is 82.7 Å². The Morgan fingerprint density at radius 3 is 2.58 bits per heavy atom. The predicted octanol–water partition coefficient (Wildman–Crippen LogP) is 4.42. The van der Waals surface area contributed by atoms with Gasteiger partial charge < -0.3 is 14.5 Å². The molecule has 0 atom stereocenters. The van der Waals surface area contributed by atoms with Gasteiger partial charge in [-0.05, 0) is 53.2 Å². The van der Waals surface area contributed by atoms with Crippen molar-refractivity contribution < 1.29 is 13.9 Å². The first kappa shape index (κ1) is 20.6. The van der Waals surface area contributed by atoms with Gasteiger partial charge in [0.15, 0.2) is 0 Å². The number of carbonyl (C=O) groups is 1. The predicted molar refractivity (Wildman–Crippen MR) is 123 cm³/mol. The summed E-state index contributed by atoms with van der Waals surface area (Å²) in [5, 5.41) is 5.91. The molecule has 1 aromatic heterocycles. The van der Waals surface area contributed by atoms with E-state index >= 15 is 0 Å². The third kappa shape index (κ3) is 4.59. The number of amides is 1. The van der Waals surface area contributed by atoms with Crippen molar-refractivity contribution in [2.24, 2.45) is 0 Å². The van der Waals surface area contributed by atoms with Gasteiger partial charge in [0.25, 0.3) is 0 Å². The van der Waals surface area contributed by atoms with Crippen molar-refractivity contribution in [3.8, 4) is 5.75 Å². The first-order valence-corrected chi connectivity index (χ1v) is 10.2. The zero-order valence-corrected chi connectivity index (χ0v) is 17.6. The van der Waals surface area contributed by atoms with Gasteiger partial charge in [-0.25, -0.2) is 4.79 Å². The Labute approximate surface area is 180 Å². The van der Waals surface area contributed by atoms with E-state index in [1.807, 2.05) is 48.2 Å². The van der Waals surface area contributed by atoms with Crippen molar-refractivity contribution in [1.82, 2.24) is 4.90 Å². The number of methoxy groups -OCH3 is 1. The Kier molecular flexibility index (Phi) is 6.00. The van der Waals surface area contributed by atoms with Gasteiger partial charge in [-0.3, -0.25) is 9.69 Å². The molecule has 0 spiro atoms. The van der Waals surface area contributed by atoms with E-state index < -0.39 is 5.63 Å². The summed E-state index contributed by atoms with van der Waals surface area (Å²) in [6.07, 6.45) is 0. The van der Waals surface area contributed by atoms with E-state index in [2.05, 4.69) is 5.32 Å². The molecule has 4 aromatic rings. The monoisotopic (exact) mass is 416 g/mol. The normalized spacial score (nSPS) is 11.2. The van der Waals surface area contributed by atoms with Crippen molar-refractivity contribution in [1.29, 1.82) is 0 Å². The van der Waals surface area contributed by atoms with E-state index in [0.717, 1.165) is 27.5 Å². The molecule has 1 N–H and O–H groups in total. The molecule has 0 aliphatic carbocycles. The maximum atomic E-state index is 12.6. The molecule has 158 valence electrons. The van der Waals surface area contributed by atoms with Crippen molar-refractivity contribution >= 4 is 33.3 Å². The number of carbonyl (C=O) groups excluding carboxylic acids is 1. The lowest BCUT2D eigenvalue weighted by molar-refractivity contribution is -0.117. The van der Waals surface area contributed by atoms with Crippen molar-refractivity contribution in [3.63, 3.8) is 0 Å². The number of hydrogen-bond acceptors (Lipinski definition) is 5. The minimum absolute atomic E-state index is 0.121. The van der Waals surface area contributed by atoms with Crippen LogP contribution in [0.25, 0.3) is 21.7 Å². The van der Waals surface area contributed by atoms with Crippen LogP contribution < -0.4 is 15.7 Å². The summed E-state index contributed by atoms with van der Waals surface area (Å²) in [6.45, 7) is 3.31. The fraction of sp³-hybridized carbons (Fsp3) is 0.200. The van der Waals surface area contributed by atoms with E-state index in [1.54, 1.807) is 31.4 Å². The second kappa shape index (κ2) is 9.02. The lowest BCUT2D eigenvalue weighted by Gasteiger charge is -2.21. The highest BCUT2D eigenvalue weighted by molar-refractivity contribution is 6.07. The minimum atomic E-state index is -0.392. The van der Waals surface area contributed by atoms with Crippen LogP contribution in [-0.4, -0.2) is 31.0 Å². The van der Waals surface area contributed by atoms with Crippen LogP contribution in [0.2, 0.25) is 0 Å². The molecule has 4 rings (SSSR count). The van der Waals surface area contributed by atoms with Gasteiger partial charge in [0.2, 0.25) is 5.91 Å². The molecule has 1 amide bonds. The second-order valence-corrected chi connectivity index (χ2v) is 7.33. The zero-order chi connectivity index (χ0) is 21.8. The Morgan fingerprint density at radius 2 is 1.84 bits per heavy atom. The van der Waals surface area contributed by atoms with E-state index in [1.165, 1.54) is 6.07 Å². The summed E-state index contributed by atoms with van der Waals surface area (Å²) in [5.74, 6) is 0.611. The summed E-state index contributed by atoms with van der Waals surface area (Å²) < 4.78 is 10.6. The van der Waals surface area contributed by atoms with Crippen molar-refractivity contribution in [2.75, 3.05) is 25.5 Å². The molecule has 6 heteroatoms. The van der Waals surface area contributed by atoms with Crippen LogP contribution in [0.4, 0.5) is 5.69 Å². The second-order valence-electron chi connectivity index (χ2n) is 7.33. The van der Waals surface area contributed by atoms with Crippen LogP contribution in [0, 0.1) is 0 Å². The first-order chi connectivity index (χ1) is 15.1. The SMILES string of the molecule is CCN(CC(=O)Nc1ccc(OC)cc1)Cc1cc(=O)oc2ccc3ccccc3c12. The van der Waals surface area contributed by atoms with Crippen molar-refractivity contribution in [2.45, 2.75) is 13.5 Å². The number of rotatable bonds is 7. The molecule has 0 bridgehead atoms. The molecule has 0 aliphatic rings. The van der Waals surface area contributed by atoms with Crippen LogP contribution in [-0.2, 0) is 11.3 Å². The molecule has 0 unspecified atom stereocenters. The fourth-order valence-electron chi connectivity index (χ4n) is 3.74. The zero-order valence-electron chi connectivity index (χ0n) is 17.6. The molecule has 0 saturated heterocycles. The number of likely N-dealkylation sites (N-methyl/N-ethyl adjacent to an activating group) is 1. The number of nitrogens with one attached hydrogen (secondary N) is 1. The molecule has 6 nitrogen and oxygen atoms in total. The smallest absolute Gasteiger partial charge is 0.336 e. The van der Waals surface area contributed by atoms with Gasteiger partial charge in [0.1, 0.15) is 11.3 Å². The minimum Gasteiger partial charge on any atom is -0.497 e. The summed E-state index contributed by atoms with van der Waals surface area (Å²) in [6, 6.07) is 20.5. The number of hydrogen-bond donors (Lipinski definition) is 1. The van der Waals surface area contributed by atoms with Gasteiger partial charge in [-0.2, -0.15) is 0 Å². The molecular weight excluding hydrogens is 392 g/mol. The lowest BCUT2D eigenvalue weighted by Crippen LogP contribution is -2.33. The van der Waals surface area contributed by atoms with Crippen LogP contribution in [0.3, 0.4) is 0 Å². The van der Waals surface area contributed by atoms with E-state index in [4.69, 9.17) is 9.15 Å². The highest BCUT2D eigenvalue weighted by Crippen LogP contribution is 2.28. The van der Waals surface area contributed by atoms with E-state index in [-0.39, 0.29) is 12.5 Å². The highest BCUT2D eigenvalue weighted by Gasteiger charge is 2.15. The molecule has 3 aromatic carbocycles. The van der Waals surface area contributed by atoms with Crippen LogP contribution in [0.15, 0.2) is 75.9 Å². The molecule has 0 fully saturated rings. The Morgan fingerprint density at radius 1 is 1.06 bits per heavy atom. The maximum Gasteiger partial charge on any atom is 0.336 e. The molecule has 0 radical (unpaired) electrons. The molecular formula is C25H24N2O4. The number of fused-ring (bicyclic) bond motifs is 3. The van der Waals surface area contributed by atoms with Gasteiger partial charge in [-0.1, -0.05) is 37.3 Å². The Hall–Kier alpha value is -3.64. The third-order valence-electron chi connectivity index (χ3n) is 5.30. The van der Waals surface area contributed by atoms with Gasteiger partial charge in [0, 0.05) is 23.7 Å². The summed E-state index contributed by atoms with van der Waals surface area (Å²) in [7, 11) is 1.60. The molecule has 31 heavy (non-hydrogen) atoms. The standard InChI is InChI=1S/C25H24N2O4/c1-3-27(16-23(28)26-19-9-11-20(30-2)12-10-19)15-18-14-24(29)31-22-13-8-17-6-4-5-7-21(17)25(18)22/h4-14H,3,15-16H2,1-2H3,(H,26,28). The maximum absolute atomic E-state index is 12.6. The number of ether oxygens (including phenoxy) is 1. The number of anilines is 1. The molecule has 1 heterocycles. The Bertz CT molecular complexity index is 1280. The van der Waals surface area contributed by atoms with Gasteiger partial charge >= 0.3 is 5.63 Å². The van der Waals surface area contributed by atoms with Crippen LogP contribution in [0.1, 0.15) is 12.5 Å². The Balaban J connectivity index is 1.58. The third-order valence-corrected chi connectivity index (χ3v) is 5.30. The summed E-state index contributed by atoms with van der Waals surface area (Å²) in [4.78, 5) is 26.8. The van der Waals surface area contributed by atoms with Crippen LogP contribution in [0.5, 0.6) is 5.75 Å². The van der Waals surface area contributed by atoms with Gasteiger partial charge in [0.05, 0.1) is 13.7 Å². The molecule has 0 aliphatic heterocycles. The summed E-state index contributed by atoms with van der Waals surface area (Å²) in [5.41, 5.74) is 1.72.